The molecule has 0 spiro atoms. The van der Waals surface area contributed by atoms with E-state index in [1.54, 1.807) is 11.3 Å². The molecule has 0 unspecified atom stereocenters. The lowest BCUT2D eigenvalue weighted by Gasteiger charge is -2.22. The van der Waals surface area contributed by atoms with Gasteiger partial charge in [-0.2, -0.15) is 0 Å². The minimum absolute atomic E-state index is 0.0737. The Balaban J connectivity index is 2.58. The van der Waals surface area contributed by atoms with Crippen LogP contribution in [0.5, 0.6) is 0 Å². The molecule has 0 aromatic carbocycles. The van der Waals surface area contributed by atoms with E-state index in [1.165, 1.54) is 0 Å². The molecule has 1 rings (SSSR count). The molecule has 0 aliphatic carbocycles. The fourth-order valence-corrected chi connectivity index (χ4v) is 2.64. The van der Waals surface area contributed by atoms with Crippen LogP contribution in [0.25, 0.3) is 0 Å². The highest BCUT2D eigenvalue weighted by Crippen LogP contribution is 2.15. The average Bonchev–Trinajstić information content (AvgIpc) is 2.86. The van der Waals surface area contributed by atoms with E-state index in [0.29, 0.717) is 6.42 Å². The zero-order valence-corrected chi connectivity index (χ0v) is 12.4. The zero-order chi connectivity index (χ0) is 14.4. The van der Waals surface area contributed by atoms with Gasteiger partial charge in [-0.3, -0.25) is 4.79 Å². The normalized spacial score (nSPS) is 15.5. The number of amides is 1. The van der Waals surface area contributed by atoms with Crippen LogP contribution in [0.1, 0.15) is 32.1 Å². The first-order chi connectivity index (χ1) is 8.95. The summed E-state index contributed by atoms with van der Waals surface area (Å²) in [5, 5.41) is 13.8. The molecule has 19 heavy (non-hydrogen) atoms. The van der Waals surface area contributed by atoms with Gasteiger partial charge in [-0.25, -0.2) is 4.79 Å². The third kappa shape index (κ3) is 4.67. The molecule has 0 radical (unpaired) electrons. The Morgan fingerprint density at radius 3 is 2.58 bits per heavy atom. The van der Waals surface area contributed by atoms with Crippen molar-refractivity contribution in [2.24, 2.45) is 11.8 Å². The van der Waals surface area contributed by atoms with Gasteiger partial charge in [-0.05, 0) is 23.8 Å². The molecule has 1 heterocycles. The van der Waals surface area contributed by atoms with Crippen LogP contribution in [0, 0.1) is 11.8 Å². The molecule has 0 saturated carbocycles. The first-order valence-corrected chi connectivity index (χ1v) is 7.39. The van der Waals surface area contributed by atoms with Gasteiger partial charge in [0.1, 0.15) is 6.04 Å². The molecular formula is C14H21NO3S. The molecule has 0 bridgehead atoms. The van der Waals surface area contributed by atoms with Gasteiger partial charge in [-0.1, -0.05) is 33.3 Å². The largest absolute Gasteiger partial charge is 0.480 e. The van der Waals surface area contributed by atoms with Gasteiger partial charge in [-0.15, -0.1) is 11.3 Å². The van der Waals surface area contributed by atoms with Gasteiger partial charge in [0.2, 0.25) is 5.91 Å². The second-order valence-corrected chi connectivity index (χ2v) is 5.93. The second kappa shape index (κ2) is 7.28. The van der Waals surface area contributed by atoms with Crippen molar-refractivity contribution >= 4 is 23.2 Å². The highest BCUT2D eigenvalue weighted by Gasteiger charge is 2.27. The number of nitrogens with one attached hydrogen (secondary N) is 1. The second-order valence-electron chi connectivity index (χ2n) is 4.89. The molecule has 1 aromatic heterocycles. The van der Waals surface area contributed by atoms with Crippen LogP contribution < -0.4 is 5.32 Å². The summed E-state index contributed by atoms with van der Waals surface area (Å²) in [6.45, 7) is 5.58. The lowest BCUT2D eigenvalue weighted by Crippen LogP contribution is -2.47. The van der Waals surface area contributed by atoms with Crippen molar-refractivity contribution in [2.45, 2.75) is 39.7 Å². The molecule has 1 aromatic rings. The van der Waals surface area contributed by atoms with Gasteiger partial charge in [0.05, 0.1) is 0 Å². The number of carbonyl (C=O) groups is 2. The number of rotatable bonds is 7. The molecule has 3 atom stereocenters. The Morgan fingerprint density at radius 2 is 2.11 bits per heavy atom. The van der Waals surface area contributed by atoms with E-state index in [-0.39, 0.29) is 17.7 Å². The fraction of sp³-hybridized carbons (Fsp3) is 0.571. The number of thiophene rings is 1. The Morgan fingerprint density at radius 1 is 1.42 bits per heavy atom. The first-order valence-electron chi connectivity index (χ1n) is 6.51. The van der Waals surface area contributed by atoms with E-state index in [0.717, 1.165) is 11.3 Å². The standard InChI is InChI=1S/C14H21NO3S/c1-4-9(2)12(14(17)18)15-13(16)10(3)8-11-6-5-7-19-11/h5-7,9-10,12H,4,8H2,1-3H3,(H,15,16)(H,17,18)/t9-,10+,12+/m0/s1. The highest BCUT2D eigenvalue weighted by atomic mass is 32.1. The van der Waals surface area contributed by atoms with Crippen molar-refractivity contribution in [3.8, 4) is 0 Å². The van der Waals surface area contributed by atoms with Crippen molar-refractivity contribution in [1.29, 1.82) is 0 Å². The molecule has 0 fully saturated rings. The van der Waals surface area contributed by atoms with Crippen LogP contribution in [0.3, 0.4) is 0 Å². The fourth-order valence-electron chi connectivity index (χ4n) is 1.80. The topological polar surface area (TPSA) is 66.4 Å². The molecule has 2 N–H and O–H groups in total. The third-order valence-electron chi connectivity index (χ3n) is 3.31. The van der Waals surface area contributed by atoms with E-state index >= 15 is 0 Å². The molecule has 4 nitrogen and oxygen atoms in total. The van der Waals surface area contributed by atoms with Crippen LogP contribution in [-0.2, 0) is 16.0 Å². The molecule has 0 saturated heterocycles. The molecule has 1 amide bonds. The van der Waals surface area contributed by atoms with Crippen LogP contribution >= 0.6 is 11.3 Å². The van der Waals surface area contributed by atoms with Crippen LogP contribution in [0.2, 0.25) is 0 Å². The van der Waals surface area contributed by atoms with E-state index in [9.17, 15) is 9.59 Å². The lowest BCUT2D eigenvalue weighted by atomic mass is 9.97. The number of hydrogen-bond acceptors (Lipinski definition) is 3. The predicted octanol–water partition coefficient (Wildman–Crippen LogP) is 2.54. The minimum Gasteiger partial charge on any atom is -0.480 e. The van der Waals surface area contributed by atoms with E-state index in [4.69, 9.17) is 5.11 Å². The molecule has 5 heteroatoms. The summed E-state index contributed by atoms with van der Waals surface area (Å²) in [6.07, 6.45) is 1.37. The van der Waals surface area contributed by atoms with E-state index in [1.807, 2.05) is 38.3 Å². The summed E-state index contributed by atoms with van der Waals surface area (Å²) in [6, 6.07) is 3.13. The van der Waals surface area contributed by atoms with Gasteiger partial charge < -0.3 is 10.4 Å². The van der Waals surface area contributed by atoms with Crippen LogP contribution in [-0.4, -0.2) is 23.0 Å². The number of carboxylic acid groups (broad SMARTS) is 1. The average molecular weight is 283 g/mol. The smallest absolute Gasteiger partial charge is 0.326 e. The maximum Gasteiger partial charge on any atom is 0.326 e. The lowest BCUT2D eigenvalue weighted by molar-refractivity contribution is -0.143. The molecular weight excluding hydrogens is 262 g/mol. The van der Waals surface area contributed by atoms with Gasteiger partial charge in [0, 0.05) is 10.8 Å². The number of hydrogen-bond donors (Lipinski definition) is 2. The summed E-state index contributed by atoms with van der Waals surface area (Å²) in [5.74, 6) is -1.45. The maximum atomic E-state index is 12.0. The Hall–Kier alpha value is -1.36. The molecule has 0 aliphatic rings. The van der Waals surface area contributed by atoms with Gasteiger partial charge >= 0.3 is 5.97 Å². The van der Waals surface area contributed by atoms with Gasteiger partial charge in [0.25, 0.3) is 0 Å². The summed E-state index contributed by atoms with van der Waals surface area (Å²) >= 11 is 1.61. The van der Waals surface area contributed by atoms with Crippen molar-refractivity contribution < 1.29 is 14.7 Å². The monoisotopic (exact) mass is 283 g/mol. The maximum absolute atomic E-state index is 12.0. The van der Waals surface area contributed by atoms with Crippen molar-refractivity contribution in [3.05, 3.63) is 22.4 Å². The van der Waals surface area contributed by atoms with Crippen molar-refractivity contribution in [1.82, 2.24) is 5.32 Å². The first kappa shape index (κ1) is 15.7. The van der Waals surface area contributed by atoms with E-state index in [2.05, 4.69) is 5.32 Å². The number of carbonyl (C=O) groups excluding carboxylic acids is 1. The van der Waals surface area contributed by atoms with E-state index < -0.39 is 12.0 Å². The summed E-state index contributed by atoms with van der Waals surface area (Å²) < 4.78 is 0. The SMILES string of the molecule is CC[C@H](C)[C@@H](NC(=O)[C@H](C)Cc1cccs1)C(=O)O. The Labute approximate surface area is 117 Å². The summed E-state index contributed by atoms with van der Waals surface area (Å²) in [5.41, 5.74) is 0. The third-order valence-corrected chi connectivity index (χ3v) is 4.21. The number of aliphatic carboxylic acids is 1. The number of carboxylic acids is 1. The quantitative estimate of drug-likeness (QED) is 0.808. The molecule has 106 valence electrons. The Bertz CT molecular complexity index is 416. The predicted molar refractivity (Wildman–Crippen MR) is 76.2 cm³/mol. The highest BCUT2D eigenvalue weighted by molar-refractivity contribution is 7.09. The molecule has 0 aliphatic heterocycles. The summed E-state index contributed by atoms with van der Waals surface area (Å²) in [7, 11) is 0. The Kier molecular flexibility index (Phi) is 6.02. The van der Waals surface area contributed by atoms with Crippen LogP contribution in [0.15, 0.2) is 17.5 Å². The minimum atomic E-state index is -0.967. The van der Waals surface area contributed by atoms with Gasteiger partial charge in [0.15, 0.2) is 0 Å². The van der Waals surface area contributed by atoms with Crippen molar-refractivity contribution in [2.75, 3.05) is 0 Å². The van der Waals surface area contributed by atoms with Crippen molar-refractivity contribution in [3.63, 3.8) is 0 Å². The van der Waals surface area contributed by atoms with Crippen LogP contribution in [0.4, 0.5) is 0 Å². The summed E-state index contributed by atoms with van der Waals surface area (Å²) in [4.78, 5) is 24.3. The zero-order valence-electron chi connectivity index (χ0n) is 11.6.